The van der Waals surface area contributed by atoms with E-state index in [1.807, 2.05) is 42.6 Å². The number of carbonyl (C=O) groups is 1. The summed E-state index contributed by atoms with van der Waals surface area (Å²) in [5.74, 6) is 1.13. The molecule has 2 aromatic carbocycles. The first kappa shape index (κ1) is 26.4. The third-order valence-corrected chi connectivity index (χ3v) is 5.96. The van der Waals surface area contributed by atoms with Crippen molar-refractivity contribution < 1.29 is 40.9 Å². The average molecular weight is 460 g/mol. The van der Waals surface area contributed by atoms with Gasteiger partial charge in [-0.05, 0) is 32.4 Å². The van der Waals surface area contributed by atoms with Gasteiger partial charge in [-0.25, -0.2) is 4.98 Å². The molecule has 0 bridgehead atoms. The molecule has 0 spiro atoms. The van der Waals surface area contributed by atoms with Crippen LogP contribution in [0, 0.1) is 0 Å². The van der Waals surface area contributed by atoms with Gasteiger partial charge in [0.05, 0.1) is 23.3 Å². The summed E-state index contributed by atoms with van der Waals surface area (Å²) >= 11 is 1.47. The van der Waals surface area contributed by atoms with Gasteiger partial charge in [0, 0.05) is 23.7 Å². The van der Waals surface area contributed by atoms with E-state index in [4.69, 9.17) is 15.1 Å². The fraction of sp³-hybridized carbons (Fsp3) is 0.320. The molecule has 0 radical (unpaired) electrons. The van der Waals surface area contributed by atoms with Gasteiger partial charge in [0.15, 0.2) is 0 Å². The van der Waals surface area contributed by atoms with Gasteiger partial charge < -0.3 is 11.4 Å². The Labute approximate surface area is 218 Å². The Morgan fingerprint density at radius 2 is 1.59 bits per heavy atom. The molecular formula is C25H30N3NaO2S. The number of carboxylic acid groups (broad SMARTS) is 1. The Morgan fingerprint density at radius 3 is 2.16 bits per heavy atom. The third-order valence-electron chi connectivity index (χ3n) is 4.94. The average Bonchev–Trinajstić information content (AvgIpc) is 2.79. The van der Waals surface area contributed by atoms with Crippen molar-refractivity contribution in [3.8, 4) is 22.5 Å². The van der Waals surface area contributed by atoms with E-state index < -0.39 is 5.97 Å². The minimum absolute atomic E-state index is 0. The van der Waals surface area contributed by atoms with E-state index in [-0.39, 0.29) is 42.8 Å². The van der Waals surface area contributed by atoms with E-state index in [9.17, 15) is 4.79 Å². The number of carboxylic acids is 1. The quantitative estimate of drug-likeness (QED) is 0.351. The summed E-state index contributed by atoms with van der Waals surface area (Å²) in [7, 11) is 0. The Balaban J connectivity index is 0.00000272. The van der Waals surface area contributed by atoms with Gasteiger partial charge in [-0.1, -0.05) is 60.7 Å². The van der Waals surface area contributed by atoms with Crippen LogP contribution in [0.15, 0.2) is 66.9 Å². The molecule has 5 nitrogen and oxygen atoms in total. The van der Waals surface area contributed by atoms with Crippen LogP contribution in [-0.2, 0) is 4.79 Å². The van der Waals surface area contributed by atoms with Gasteiger partial charge in [-0.3, -0.25) is 9.78 Å². The molecule has 0 aliphatic carbocycles. The predicted molar refractivity (Wildman–Crippen MR) is 131 cm³/mol. The van der Waals surface area contributed by atoms with Crippen molar-refractivity contribution in [1.82, 2.24) is 9.97 Å². The number of nitrogens with zero attached hydrogens (tertiary/aromatic N) is 3. The molecule has 0 saturated heterocycles. The number of benzene rings is 2. The van der Waals surface area contributed by atoms with Crippen molar-refractivity contribution in [3.05, 3.63) is 66.9 Å². The summed E-state index contributed by atoms with van der Waals surface area (Å²) in [5, 5.41) is 8.76. The Morgan fingerprint density at radius 1 is 1.00 bits per heavy atom. The largest absolute Gasteiger partial charge is 1.00 e. The SMILES string of the molecule is CC(C)N(CCCCSCC(=O)O)c1cnc(-c2ccccc2)c(-c2ccccc2)n1.[H-].[Na+]. The fourth-order valence-corrected chi connectivity index (χ4v) is 4.13. The molecule has 0 saturated carbocycles. The Bertz CT molecular complexity index is 978. The minimum Gasteiger partial charge on any atom is -1.00 e. The summed E-state index contributed by atoms with van der Waals surface area (Å²) in [6, 6.07) is 20.6. The second-order valence-corrected chi connectivity index (χ2v) is 8.70. The van der Waals surface area contributed by atoms with Crippen LogP contribution in [0.3, 0.4) is 0 Å². The number of unbranched alkanes of at least 4 members (excludes halogenated alkanes) is 1. The number of aliphatic carboxylic acids is 1. The maximum atomic E-state index is 10.6. The van der Waals surface area contributed by atoms with Gasteiger partial charge in [0.1, 0.15) is 5.82 Å². The molecule has 0 unspecified atom stereocenters. The number of thioether (sulfide) groups is 1. The van der Waals surface area contributed by atoms with Gasteiger partial charge >= 0.3 is 35.5 Å². The molecule has 0 amide bonds. The summed E-state index contributed by atoms with van der Waals surface area (Å²) in [4.78, 5) is 22.8. The van der Waals surface area contributed by atoms with E-state index in [0.717, 1.165) is 53.5 Å². The standard InChI is InChI=1S/C25H29N3O2S.Na.H/c1-19(2)28(15-9-10-16-31-18-23(29)30)22-17-26-24(20-11-5-3-6-12-20)25(27-22)21-13-7-4-8-14-21;;/h3-8,11-14,17,19H,9-10,15-16,18H2,1-2H3,(H,29,30);;/q;+1;-1. The molecule has 0 aliphatic rings. The van der Waals surface area contributed by atoms with E-state index in [0.29, 0.717) is 0 Å². The van der Waals surface area contributed by atoms with Crippen LogP contribution in [0.25, 0.3) is 22.5 Å². The van der Waals surface area contributed by atoms with Gasteiger partial charge in [-0.2, -0.15) is 11.8 Å². The zero-order valence-electron chi connectivity index (χ0n) is 20.1. The van der Waals surface area contributed by atoms with E-state index in [1.165, 1.54) is 11.8 Å². The fourth-order valence-electron chi connectivity index (χ4n) is 3.41. The van der Waals surface area contributed by atoms with Crippen LogP contribution in [0.5, 0.6) is 0 Å². The first-order chi connectivity index (χ1) is 15.1. The van der Waals surface area contributed by atoms with Gasteiger partial charge in [0.25, 0.3) is 0 Å². The van der Waals surface area contributed by atoms with Crippen molar-refractivity contribution in [2.45, 2.75) is 32.7 Å². The van der Waals surface area contributed by atoms with Crippen LogP contribution in [-0.4, -0.2) is 45.1 Å². The van der Waals surface area contributed by atoms with Crippen molar-refractivity contribution >= 4 is 23.5 Å². The normalized spacial score (nSPS) is 10.6. The number of rotatable bonds is 11. The molecule has 1 N–H and O–H groups in total. The summed E-state index contributed by atoms with van der Waals surface area (Å²) in [5.41, 5.74) is 3.85. The van der Waals surface area contributed by atoms with E-state index >= 15 is 0 Å². The monoisotopic (exact) mass is 459 g/mol. The summed E-state index contributed by atoms with van der Waals surface area (Å²) < 4.78 is 0. The van der Waals surface area contributed by atoms with Crippen LogP contribution in [0.2, 0.25) is 0 Å². The first-order valence-electron chi connectivity index (χ1n) is 10.6. The molecule has 3 rings (SSSR count). The van der Waals surface area contributed by atoms with Crippen molar-refractivity contribution in [2.24, 2.45) is 0 Å². The second kappa shape index (κ2) is 13.6. The van der Waals surface area contributed by atoms with Crippen LogP contribution < -0.4 is 34.5 Å². The summed E-state index contributed by atoms with van der Waals surface area (Å²) in [6.45, 7) is 5.18. The molecule has 1 heterocycles. The van der Waals surface area contributed by atoms with Crippen molar-refractivity contribution in [2.75, 3.05) is 23.0 Å². The number of hydrogen-bond donors (Lipinski definition) is 1. The molecule has 164 valence electrons. The Hall–Kier alpha value is -1.86. The van der Waals surface area contributed by atoms with Crippen LogP contribution >= 0.6 is 11.8 Å². The molecule has 0 aliphatic heterocycles. The van der Waals surface area contributed by atoms with E-state index in [1.54, 1.807) is 0 Å². The molecule has 7 heteroatoms. The van der Waals surface area contributed by atoms with Gasteiger partial charge in [-0.15, -0.1) is 0 Å². The minimum atomic E-state index is -0.754. The Kier molecular flexibility index (Phi) is 11.2. The zero-order valence-corrected chi connectivity index (χ0v) is 21.9. The molecule has 1 aromatic heterocycles. The third kappa shape index (κ3) is 7.62. The topological polar surface area (TPSA) is 66.3 Å². The molecule has 0 atom stereocenters. The van der Waals surface area contributed by atoms with Crippen molar-refractivity contribution in [1.29, 1.82) is 0 Å². The molecule has 0 fully saturated rings. The van der Waals surface area contributed by atoms with Crippen molar-refractivity contribution in [3.63, 3.8) is 0 Å². The maximum Gasteiger partial charge on any atom is 1.00 e. The molecular weight excluding hydrogens is 429 g/mol. The number of hydrogen-bond acceptors (Lipinski definition) is 5. The second-order valence-electron chi connectivity index (χ2n) is 7.60. The summed E-state index contributed by atoms with van der Waals surface area (Å²) in [6.07, 6.45) is 3.82. The predicted octanol–water partition coefficient (Wildman–Crippen LogP) is 2.74. The van der Waals surface area contributed by atoms with Crippen LogP contribution in [0.1, 0.15) is 28.1 Å². The molecule has 3 aromatic rings. The maximum absolute atomic E-state index is 10.6. The number of anilines is 1. The van der Waals surface area contributed by atoms with Gasteiger partial charge in [0.2, 0.25) is 0 Å². The first-order valence-corrected chi connectivity index (χ1v) is 11.8. The number of aromatic nitrogens is 2. The molecule has 32 heavy (non-hydrogen) atoms. The van der Waals surface area contributed by atoms with E-state index in [2.05, 4.69) is 43.0 Å². The zero-order chi connectivity index (χ0) is 22.1. The van der Waals surface area contributed by atoms with Crippen LogP contribution in [0.4, 0.5) is 5.82 Å². The smallest absolute Gasteiger partial charge is 1.00 e.